The number of imide groups is 1. The van der Waals surface area contributed by atoms with Crippen molar-refractivity contribution in [2.24, 2.45) is 0 Å². The van der Waals surface area contributed by atoms with Crippen LogP contribution in [0, 0.1) is 0 Å². The maximum absolute atomic E-state index is 12.2. The second kappa shape index (κ2) is 8.24. The summed E-state index contributed by atoms with van der Waals surface area (Å²) < 4.78 is 5.71. The van der Waals surface area contributed by atoms with Crippen LogP contribution in [0.15, 0.2) is 18.2 Å². The van der Waals surface area contributed by atoms with E-state index >= 15 is 0 Å². The van der Waals surface area contributed by atoms with E-state index in [-0.39, 0.29) is 15.9 Å². The summed E-state index contributed by atoms with van der Waals surface area (Å²) in [5.74, 6) is -1.42. The number of fused-ring (bicyclic) bond motifs is 1. The molecule has 6 nitrogen and oxygen atoms in total. The standard InChI is InChI=1S/C17H16Cl2N2O4S/c18-9-5-6-11-12(7-9)26-15(14(11)19)16(23)25-8-13(22)21-17(24)20-10-3-1-2-4-10/h5-7,10H,1-4,8H2,(H2,20,21,22,24). The van der Waals surface area contributed by atoms with Gasteiger partial charge in [-0.15, -0.1) is 11.3 Å². The Hall–Kier alpha value is -1.83. The number of nitrogens with one attached hydrogen (secondary N) is 2. The van der Waals surface area contributed by atoms with Crippen LogP contribution in [0.1, 0.15) is 35.4 Å². The highest BCUT2D eigenvalue weighted by Gasteiger charge is 2.21. The molecule has 0 bridgehead atoms. The lowest BCUT2D eigenvalue weighted by Gasteiger charge is -2.12. The summed E-state index contributed by atoms with van der Waals surface area (Å²) in [6.45, 7) is -0.567. The molecule has 1 aromatic heterocycles. The number of carbonyl (C=O) groups is 3. The van der Waals surface area contributed by atoms with Crippen LogP contribution < -0.4 is 10.6 Å². The minimum atomic E-state index is -0.723. The predicted octanol–water partition coefficient (Wildman–Crippen LogP) is 4.13. The molecule has 2 aromatic rings. The van der Waals surface area contributed by atoms with Crippen LogP contribution in [0.25, 0.3) is 10.1 Å². The first-order valence-electron chi connectivity index (χ1n) is 8.09. The molecule has 3 amide bonds. The Balaban J connectivity index is 1.54. The maximum atomic E-state index is 12.2. The molecule has 1 heterocycles. The normalized spacial score (nSPS) is 14.4. The van der Waals surface area contributed by atoms with Crippen LogP contribution in [0.4, 0.5) is 4.79 Å². The SMILES string of the molecule is O=C(COC(=O)c1sc2cc(Cl)ccc2c1Cl)NC(=O)NC1CCCC1. The molecule has 138 valence electrons. The molecule has 1 aromatic carbocycles. The van der Waals surface area contributed by atoms with E-state index in [9.17, 15) is 14.4 Å². The highest BCUT2D eigenvalue weighted by Crippen LogP contribution is 2.37. The second-order valence-corrected chi connectivity index (χ2v) is 7.83. The van der Waals surface area contributed by atoms with Gasteiger partial charge in [0.25, 0.3) is 5.91 Å². The van der Waals surface area contributed by atoms with Gasteiger partial charge < -0.3 is 10.1 Å². The van der Waals surface area contributed by atoms with Crippen LogP contribution >= 0.6 is 34.5 Å². The third-order valence-corrected chi connectivity index (χ3v) is 5.93. The Morgan fingerprint density at radius 1 is 1.19 bits per heavy atom. The third kappa shape index (κ3) is 4.47. The van der Waals surface area contributed by atoms with E-state index in [0.717, 1.165) is 41.7 Å². The quantitative estimate of drug-likeness (QED) is 0.736. The zero-order chi connectivity index (χ0) is 18.7. The van der Waals surface area contributed by atoms with Gasteiger partial charge in [0, 0.05) is 21.2 Å². The fourth-order valence-electron chi connectivity index (χ4n) is 2.82. The zero-order valence-electron chi connectivity index (χ0n) is 13.6. The van der Waals surface area contributed by atoms with Crippen LogP contribution in [-0.4, -0.2) is 30.6 Å². The first-order valence-corrected chi connectivity index (χ1v) is 9.66. The minimum absolute atomic E-state index is 0.0922. The summed E-state index contributed by atoms with van der Waals surface area (Å²) in [5, 5.41) is 6.34. The molecule has 0 aliphatic heterocycles. The molecule has 3 rings (SSSR count). The van der Waals surface area contributed by atoms with Crippen molar-refractivity contribution >= 4 is 62.5 Å². The van der Waals surface area contributed by atoms with E-state index in [0.29, 0.717) is 10.4 Å². The summed E-state index contributed by atoms with van der Waals surface area (Å²) in [7, 11) is 0. The molecule has 26 heavy (non-hydrogen) atoms. The van der Waals surface area contributed by atoms with Gasteiger partial charge >= 0.3 is 12.0 Å². The molecule has 1 aliphatic carbocycles. The van der Waals surface area contributed by atoms with Crippen molar-refractivity contribution in [1.82, 2.24) is 10.6 Å². The van der Waals surface area contributed by atoms with Crippen LogP contribution in [0.3, 0.4) is 0 Å². The molecular weight excluding hydrogens is 399 g/mol. The van der Waals surface area contributed by atoms with E-state index in [1.165, 1.54) is 0 Å². The van der Waals surface area contributed by atoms with Gasteiger partial charge in [-0.25, -0.2) is 9.59 Å². The summed E-state index contributed by atoms with van der Waals surface area (Å²) in [6.07, 6.45) is 3.95. The molecule has 1 saturated carbocycles. The number of urea groups is 1. The molecule has 1 fully saturated rings. The predicted molar refractivity (Wildman–Crippen MR) is 101 cm³/mol. The largest absolute Gasteiger partial charge is 0.451 e. The van der Waals surface area contributed by atoms with Gasteiger partial charge in [-0.2, -0.15) is 0 Å². The molecule has 0 spiro atoms. The van der Waals surface area contributed by atoms with Gasteiger partial charge in [-0.05, 0) is 25.0 Å². The lowest BCUT2D eigenvalue weighted by Crippen LogP contribution is -2.44. The number of halogens is 2. The Bertz CT molecular complexity index is 862. The average molecular weight is 415 g/mol. The monoisotopic (exact) mass is 414 g/mol. The lowest BCUT2D eigenvalue weighted by atomic mass is 10.2. The third-order valence-electron chi connectivity index (χ3n) is 4.05. The highest BCUT2D eigenvalue weighted by atomic mass is 35.5. The second-order valence-electron chi connectivity index (χ2n) is 5.96. The molecule has 2 N–H and O–H groups in total. The first kappa shape index (κ1) is 18.9. The Morgan fingerprint density at radius 2 is 1.92 bits per heavy atom. The number of rotatable bonds is 4. The summed E-state index contributed by atoms with van der Waals surface area (Å²) in [4.78, 5) is 35.8. The highest BCUT2D eigenvalue weighted by molar-refractivity contribution is 7.21. The molecular formula is C17H16Cl2N2O4S. The number of carbonyl (C=O) groups excluding carboxylic acids is 3. The van der Waals surface area contributed by atoms with E-state index < -0.39 is 24.5 Å². The summed E-state index contributed by atoms with van der Waals surface area (Å²) in [6, 6.07) is 4.60. The van der Waals surface area contributed by atoms with Crippen molar-refractivity contribution < 1.29 is 19.1 Å². The van der Waals surface area contributed by atoms with E-state index in [2.05, 4.69) is 10.6 Å². The molecule has 0 radical (unpaired) electrons. The number of ether oxygens (including phenoxy) is 1. The van der Waals surface area contributed by atoms with E-state index in [1.54, 1.807) is 18.2 Å². The van der Waals surface area contributed by atoms with Gasteiger partial charge in [0.1, 0.15) is 4.88 Å². The maximum Gasteiger partial charge on any atom is 0.350 e. The smallest absolute Gasteiger partial charge is 0.350 e. The fourth-order valence-corrected chi connectivity index (χ4v) is 4.50. The average Bonchev–Trinajstić information content (AvgIpc) is 3.20. The van der Waals surface area contributed by atoms with Gasteiger partial charge in [-0.1, -0.05) is 42.1 Å². The molecule has 0 unspecified atom stereocenters. The Kier molecular flexibility index (Phi) is 6.01. The van der Waals surface area contributed by atoms with Crippen molar-refractivity contribution in [1.29, 1.82) is 0 Å². The van der Waals surface area contributed by atoms with E-state index in [4.69, 9.17) is 27.9 Å². The first-order chi connectivity index (χ1) is 12.4. The Morgan fingerprint density at radius 3 is 2.65 bits per heavy atom. The number of hydrogen-bond donors (Lipinski definition) is 2. The van der Waals surface area contributed by atoms with Gasteiger partial charge in [0.2, 0.25) is 0 Å². The molecule has 0 saturated heterocycles. The molecule has 9 heteroatoms. The topological polar surface area (TPSA) is 84.5 Å². The minimum Gasteiger partial charge on any atom is -0.451 e. The molecule has 1 aliphatic rings. The van der Waals surface area contributed by atoms with Crippen molar-refractivity contribution in [3.05, 3.63) is 33.1 Å². The van der Waals surface area contributed by atoms with Gasteiger partial charge in [-0.3, -0.25) is 10.1 Å². The number of benzene rings is 1. The van der Waals surface area contributed by atoms with Crippen molar-refractivity contribution in [2.45, 2.75) is 31.7 Å². The fraction of sp³-hybridized carbons (Fsp3) is 0.353. The lowest BCUT2D eigenvalue weighted by molar-refractivity contribution is -0.123. The van der Waals surface area contributed by atoms with Crippen molar-refractivity contribution in [3.8, 4) is 0 Å². The van der Waals surface area contributed by atoms with Crippen molar-refractivity contribution in [2.75, 3.05) is 6.61 Å². The summed E-state index contributed by atoms with van der Waals surface area (Å²) >= 11 is 13.3. The van der Waals surface area contributed by atoms with Crippen LogP contribution in [0.5, 0.6) is 0 Å². The van der Waals surface area contributed by atoms with Crippen LogP contribution in [0.2, 0.25) is 10.0 Å². The number of hydrogen-bond acceptors (Lipinski definition) is 5. The number of thiophene rings is 1. The van der Waals surface area contributed by atoms with Crippen molar-refractivity contribution in [3.63, 3.8) is 0 Å². The van der Waals surface area contributed by atoms with Gasteiger partial charge in [0.05, 0.1) is 5.02 Å². The number of esters is 1. The van der Waals surface area contributed by atoms with Gasteiger partial charge in [0.15, 0.2) is 6.61 Å². The molecule has 0 atom stereocenters. The summed E-state index contributed by atoms with van der Waals surface area (Å²) in [5.41, 5.74) is 0. The van der Waals surface area contributed by atoms with E-state index in [1.807, 2.05) is 0 Å². The van der Waals surface area contributed by atoms with Crippen LogP contribution in [-0.2, 0) is 9.53 Å². The zero-order valence-corrected chi connectivity index (χ0v) is 16.0. The Labute approximate surface area is 163 Å². The number of amides is 3.